The van der Waals surface area contributed by atoms with Gasteiger partial charge in [0.15, 0.2) is 11.5 Å². The van der Waals surface area contributed by atoms with Gasteiger partial charge in [0.05, 0.1) is 0 Å². The minimum absolute atomic E-state index is 0.111. The normalized spacial score (nSPS) is 14.0. The first-order chi connectivity index (χ1) is 10.9. The fraction of sp³-hybridized carbons (Fsp3) is 0.333. The van der Waals surface area contributed by atoms with Gasteiger partial charge in [-0.3, -0.25) is 0 Å². The number of aryl methyl sites for hydroxylation is 2. The van der Waals surface area contributed by atoms with E-state index in [9.17, 15) is 8.42 Å². The van der Waals surface area contributed by atoms with Crippen molar-refractivity contribution < 1.29 is 22.3 Å². The topological polar surface area (TPSA) is 77.8 Å². The standard InChI is InChI=1S/C15H16BrNO5S/c1-9-5-11(10(2)22-9)8-17-23(18,19)15-7-14-13(6-12(15)16)20-3-4-21-14/h5-7,17H,3-4,8H2,1-2H3. The third-order valence-electron chi connectivity index (χ3n) is 3.48. The van der Waals surface area contributed by atoms with Gasteiger partial charge in [-0.15, -0.1) is 0 Å². The van der Waals surface area contributed by atoms with Gasteiger partial charge >= 0.3 is 0 Å². The maximum absolute atomic E-state index is 12.6. The number of rotatable bonds is 4. The van der Waals surface area contributed by atoms with Crippen LogP contribution in [0.3, 0.4) is 0 Å². The second kappa shape index (κ2) is 6.18. The van der Waals surface area contributed by atoms with Crippen LogP contribution in [-0.2, 0) is 16.6 Å². The van der Waals surface area contributed by atoms with E-state index in [0.717, 1.165) is 11.3 Å². The van der Waals surface area contributed by atoms with Crippen molar-refractivity contribution in [2.45, 2.75) is 25.3 Å². The Hall–Kier alpha value is -1.51. The average molecular weight is 402 g/mol. The van der Waals surface area contributed by atoms with Crippen LogP contribution >= 0.6 is 15.9 Å². The first kappa shape index (κ1) is 16.4. The molecule has 0 fully saturated rings. The maximum Gasteiger partial charge on any atom is 0.242 e. The molecule has 1 aliphatic rings. The lowest BCUT2D eigenvalue weighted by molar-refractivity contribution is 0.171. The predicted octanol–water partition coefficient (Wildman–Crippen LogP) is 2.91. The molecular weight excluding hydrogens is 386 g/mol. The van der Waals surface area contributed by atoms with E-state index in [1.165, 1.54) is 6.07 Å². The highest BCUT2D eigenvalue weighted by molar-refractivity contribution is 9.10. The van der Waals surface area contributed by atoms with Crippen LogP contribution in [0.5, 0.6) is 11.5 Å². The van der Waals surface area contributed by atoms with E-state index in [1.54, 1.807) is 13.0 Å². The third kappa shape index (κ3) is 3.39. The molecule has 0 atom stereocenters. The summed E-state index contributed by atoms with van der Waals surface area (Å²) < 4.78 is 44.4. The zero-order valence-electron chi connectivity index (χ0n) is 12.7. The highest BCUT2D eigenvalue weighted by atomic mass is 79.9. The second-order valence-corrected chi connectivity index (χ2v) is 7.78. The number of hydrogen-bond acceptors (Lipinski definition) is 5. The van der Waals surface area contributed by atoms with E-state index in [4.69, 9.17) is 13.9 Å². The minimum atomic E-state index is -3.70. The Morgan fingerprint density at radius 1 is 1.13 bits per heavy atom. The molecule has 6 nitrogen and oxygen atoms in total. The molecule has 0 unspecified atom stereocenters. The molecule has 0 bridgehead atoms. The van der Waals surface area contributed by atoms with Gasteiger partial charge in [-0.1, -0.05) is 0 Å². The van der Waals surface area contributed by atoms with Crippen LogP contribution in [0, 0.1) is 13.8 Å². The number of benzene rings is 1. The van der Waals surface area contributed by atoms with Crippen LogP contribution in [-0.4, -0.2) is 21.6 Å². The van der Waals surface area contributed by atoms with E-state index < -0.39 is 10.0 Å². The van der Waals surface area contributed by atoms with Crippen molar-refractivity contribution in [2.24, 2.45) is 0 Å². The molecule has 23 heavy (non-hydrogen) atoms. The molecule has 0 amide bonds. The van der Waals surface area contributed by atoms with Crippen LogP contribution in [0.4, 0.5) is 0 Å². The summed E-state index contributed by atoms with van der Waals surface area (Å²) in [5.74, 6) is 2.40. The first-order valence-corrected chi connectivity index (χ1v) is 9.29. The number of fused-ring (bicyclic) bond motifs is 1. The van der Waals surface area contributed by atoms with Crippen molar-refractivity contribution in [3.05, 3.63) is 39.8 Å². The zero-order chi connectivity index (χ0) is 16.6. The summed E-state index contributed by atoms with van der Waals surface area (Å²) in [5.41, 5.74) is 0.805. The molecule has 1 aliphatic heterocycles. The van der Waals surface area contributed by atoms with Crippen LogP contribution < -0.4 is 14.2 Å². The second-order valence-electron chi connectivity index (χ2n) is 5.19. The maximum atomic E-state index is 12.6. The van der Waals surface area contributed by atoms with E-state index in [0.29, 0.717) is 34.9 Å². The van der Waals surface area contributed by atoms with Crippen LogP contribution in [0.2, 0.25) is 0 Å². The molecule has 8 heteroatoms. The fourth-order valence-electron chi connectivity index (χ4n) is 2.36. The number of ether oxygens (including phenoxy) is 2. The molecule has 0 radical (unpaired) electrons. The number of furan rings is 1. The number of halogens is 1. The van der Waals surface area contributed by atoms with E-state index in [1.807, 2.05) is 13.0 Å². The Morgan fingerprint density at radius 3 is 2.39 bits per heavy atom. The Bertz CT molecular complexity index is 844. The van der Waals surface area contributed by atoms with Crippen LogP contribution in [0.1, 0.15) is 17.1 Å². The monoisotopic (exact) mass is 401 g/mol. The summed E-state index contributed by atoms with van der Waals surface area (Å²) in [4.78, 5) is 0.111. The molecule has 0 saturated carbocycles. The molecule has 1 aromatic heterocycles. The lowest BCUT2D eigenvalue weighted by atomic mass is 10.2. The Morgan fingerprint density at radius 2 is 1.78 bits per heavy atom. The van der Waals surface area contributed by atoms with Crippen molar-refractivity contribution in [3.8, 4) is 11.5 Å². The van der Waals surface area contributed by atoms with Crippen molar-refractivity contribution in [2.75, 3.05) is 13.2 Å². The number of sulfonamides is 1. The molecule has 1 N–H and O–H groups in total. The van der Waals surface area contributed by atoms with E-state index in [2.05, 4.69) is 20.7 Å². The summed E-state index contributed by atoms with van der Waals surface area (Å²) in [6, 6.07) is 4.89. The Balaban J connectivity index is 1.86. The van der Waals surface area contributed by atoms with Gasteiger partial charge in [-0.05, 0) is 41.9 Å². The molecule has 124 valence electrons. The number of nitrogens with one attached hydrogen (secondary N) is 1. The van der Waals surface area contributed by atoms with Gasteiger partial charge in [-0.2, -0.15) is 0 Å². The zero-order valence-corrected chi connectivity index (χ0v) is 15.1. The average Bonchev–Trinajstić information content (AvgIpc) is 2.82. The summed E-state index contributed by atoms with van der Waals surface area (Å²) in [6.07, 6.45) is 0. The molecule has 3 rings (SSSR count). The molecule has 0 spiro atoms. The molecule has 2 aromatic rings. The lowest BCUT2D eigenvalue weighted by Gasteiger charge is -2.20. The lowest BCUT2D eigenvalue weighted by Crippen LogP contribution is -2.24. The van der Waals surface area contributed by atoms with Gasteiger partial charge in [-0.25, -0.2) is 13.1 Å². The van der Waals surface area contributed by atoms with Gasteiger partial charge in [0.2, 0.25) is 10.0 Å². The Labute approximate surface area is 143 Å². The van der Waals surface area contributed by atoms with Crippen molar-refractivity contribution in [3.63, 3.8) is 0 Å². The van der Waals surface area contributed by atoms with E-state index >= 15 is 0 Å². The third-order valence-corrected chi connectivity index (χ3v) is 5.84. The summed E-state index contributed by atoms with van der Waals surface area (Å²) in [6.45, 7) is 4.63. The SMILES string of the molecule is Cc1cc(CNS(=O)(=O)c2cc3c(cc2Br)OCCO3)c(C)o1. The summed E-state index contributed by atoms with van der Waals surface area (Å²) >= 11 is 3.28. The first-order valence-electron chi connectivity index (χ1n) is 7.01. The van der Waals surface area contributed by atoms with Crippen LogP contribution in [0.25, 0.3) is 0 Å². The van der Waals surface area contributed by atoms with Gasteiger partial charge in [0, 0.05) is 22.6 Å². The summed E-state index contributed by atoms with van der Waals surface area (Å²) in [7, 11) is -3.70. The minimum Gasteiger partial charge on any atom is -0.486 e. The highest BCUT2D eigenvalue weighted by Gasteiger charge is 2.23. The van der Waals surface area contributed by atoms with Gasteiger partial charge < -0.3 is 13.9 Å². The Kier molecular flexibility index (Phi) is 4.39. The molecule has 0 saturated heterocycles. The molecule has 2 heterocycles. The number of hydrogen-bond donors (Lipinski definition) is 1. The predicted molar refractivity (Wildman–Crippen MR) is 87.3 cm³/mol. The quantitative estimate of drug-likeness (QED) is 0.851. The summed E-state index contributed by atoms with van der Waals surface area (Å²) in [5, 5.41) is 0. The molecule has 0 aliphatic carbocycles. The smallest absolute Gasteiger partial charge is 0.242 e. The van der Waals surface area contributed by atoms with E-state index in [-0.39, 0.29) is 11.4 Å². The largest absolute Gasteiger partial charge is 0.486 e. The fourth-order valence-corrected chi connectivity index (χ4v) is 4.40. The highest BCUT2D eigenvalue weighted by Crippen LogP contribution is 2.37. The molecule has 1 aromatic carbocycles. The van der Waals surface area contributed by atoms with Gasteiger partial charge in [0.25, 0.3) is 0 Å². The van der Waals surface area contributed by atoms with Crippen molar-refractivity contribution >= 4 is 26.0 Å². The van der Waals surface area contributed by atoms with Gasteiger partial charge in [0.1, 0.15) is 29.6 Å². The van der Waals surface area contributed by atoms with Crippen molar-refractivity contribution in [1.29, 1.82) is 0 Å². The van der Waals surface area contributed by atoms with Crippen molar-refractivity contribution in [1.82, 2.24) is 4.72 Å². The van der Waals surface area contributed by atoms with Crippen LogP contribution in [0.15, 0.2) is 32.0 Å². The molecular formula is C15H16BrNO5S.